The molecule has 2 aromatic carbocycles. The van der Waals surface area contributed by atoms with Gasteiger partial charge in [-0.3, -0.25) is 4.79 Å². The number of carbonyl (C=O) groups excluding carboxylic acids is 1. The molecule has 0 aliphatic heterocycles. The van der Waals surface area contributed by atoms with E-state index in [0.717, 1.165) is 5.56 Å². The molecule has 0 bridgehead atoms. The van der Waals surface area contributed by atoms with Crippen LogP contribution < -0.4 is 14.8 Å². The van der Waals surface area contributed by atoms with Gasteiger partial charge in [0, 0.05) is 6.54 Å². The number of nitrogens with one attached hydrogen (secondary N) is 1. The van der Waals surface area contributed by atoms with Gasteiger partial charge in [-0.05, 0) is 29.8 Å². The van der Waals surface area contributed by atoms with Crippen molar-refractivity contribution in [2.75, 3.05) is 7.11 Å². The SMILES string of the molecule is COc1ccccc1Oc1ccc(CNC(=O)CC#N)cc1. The summed E-state index contributed by atoms with van der Waals surface area (Å²) in [6.07, 6.45) is -0.130. The molecule has 5 nitrogen and oxygen atoms in total. The first-order valence-corrected chi connectivity index (χ1v) is 6.76. The molecular weight excluding hydrogens is 280 g/mol. The average molecular weight is 296 g/mol. The van der Waals surface area contributed by atoms with E-state index in [1.807, 2.05) is 54.6 Å². The normalized spacial score (nSPS) is 9.64. The third-order valence-corrected chi connectivity index (χ3v) is 2.95. The van der Waals surface area contributed by atoms with Crippen LogP contribution in [0.3, 0.4) is 0 Å². The summed E-state index contributed by atoms with van der Waals surface area (Å²) in [5.41, 5.74) is 0.929. The lowest BCUT2D eigenvalue weighted by molar-refractivity contribution is -0.120. The van der Waals surface area contributed by atoms with Crippen LogP contribution in [0.15, 0.2) is 48.5 Å². The van der Waals surface area contributed by atoms with E-state index in [9.17, 15) is 4.79 Å². The van der Waals surface area contributed by atoms with E-state index in [2.05, 4.69) is 5.32 Å². The minimum Gasteiger partial charge on any atom is -0.493 e. The topological polar surface area (TPSA) is 71.3 Å². The van der Waals surface area contributed by atoms with E-state index >= 15 is 0 Å². The van der Waals surface area contributed by atoms with Gasteiger partial charge in [0.15, 0.2) is 11.5 Å². The van der Waals surface area contributed by atoms with E-state index in [1.54, 1.807) is 7.11 Å². The maximum absolute atomic E-state index is 11.2. The molecule has 0 fully saturated rings. The van der Waals surface area contributed by atoms with Gasteiger partial charge in [-0.25, -0.2) is 0 Å². The summed E-state index contributed by atoms with van der Waals surface area (Å²) in [5, 5.41) is 11.1. The van der Waals surface area contributed by atoms with Crippen molar-refractivity contribution in [1.82, 2.24) is 5.32 Å². The number of amides is 1. The third-order valence-electron chi connectivity index (χ3n) is 2.95. The highest BCUT2D eigenvalue weighted by Gasteiger charge is 2.05. The van der Waals surface area contributed by atoms with E-state index in [4.69, 9.17) is 14.7 Å². The van der Waals surface area contributed by atoms with Crippen LogP contribution in [-0.2, 0) is 11.3 Å². The molecule has 0 aliphatic carbocycles. The molecule has 0 saturated heterocycles. The van der Waals surface area contributed by atoms with Gasteiger partial charge in [0.05, 0.1) is 13.2 Å². The zero-order valence-electron chi connectivity index (χ0n) is 12.2. The Kier molecular flexibility index (Phi) is 5.38. The van der Waals surface area contributed by atoms with Gasteiger partial charge in [0.1, 0.15) is 12.2 Å². The van der Waals surface area contributed by atoms with Crippen LogP contribution in [0.25, 0.3) is 0 Å². The van der Waals surface area contributed by atoms with Crippen molar-refractivity contribution in [2.45, 2.75) is 13.0 Å². The summed E-state index contributed by atoms with van der Waals surface area (Å²) in [5.74, 6) is 1.70. The summed E-state index contributed by atoms with van der Waals surface area (Å²) in [6, 6.07) is 16.6. The molecule has 1 amide bonds. The number of hydrogen-bond donors (Lipinski definition) is 1. The fourth-order valence-electron chi connectivity index (χ4n) is 1.84. The molecule has 0 saturated carbocycles. The second kappa shape index (κ2) is 7.70. The predicted octanol–water partition coefficient (Wildman–Crippen LogP) is 3.02. The first-order chi connectivity index (χ1) is 10.7. The van der Waals surface area contributed by atoms with Gasteiger partial charge < -0.3 is 14.8 Å². The van der Waals surface area contributed by atoms with E-state index in [0.29, 0.717) is 23.8 Å². The summed E-state index contributed by atoms with van der Waals surface area (Å²) < 4.78 is 11.0. The summed E-state index contributed by atoms with van der Waals surface area (Å²) in [4.78, 5) is 11.2. The van der Waals surface area contributed by atoms with Gasteiger partial charge in [0.2, 0.25) is 5.91 Å². The summed E-state index contributed by atoms with van der Waals surface area (Å²) >= 11 is 0. The number of hydrogen-bond acceptors (Lipinski definition) is 4. The van der Waals surface area contributed by atoms with Crippen LogP contribution in [0.4, 0.5) is 0 Å². The molecule has 0 spiro atoms. The monoisotopic (exact) mass is 296 g/mol. The average Bonchev–Trinajstić information content (AvgIpc) is 2.55. The number of methoxy groups -OCH3 is 1. The quantitative estimate of drug-likeness (QED) is 0.889. The van der Waals surface area contributed by atoms with E-state index < -0.39 is 0 Å². The van der Waals surface area contributed by atoms with Crippen molar-refractivity contribution in [1.29, 1.82) is 5.26 Å². The molecule has 22 heavy (non-hydrogen) atoms. The van der Waals surface area contributed by atoms with E-state index in [-0.39, 0.29) is 12.3 Å². The molecule has 1 N–H and O–H groups in total. The Hall–Kier alpha value is -3.00. The summed E-state index contributed by atoms with van der Waals surface area (Å²) in [6.45, 7) is 0.384. The minimum absolute atomic E-state index is 0.130. The molecule has 0 atom stereocenters. The van der Waals surface area contributed by atoms with Crippen LogP contribution in [-0.4, -0.2) is 13.0 Å². The second-order valence-corrected chi connectivity index (χ2v) is 4.51. The molecule has 5 heteroatoms. The molecule has 112 valence electrons. The molecule has 0 aromatic heterocycles. The van der Waals surface area contributed by atoms with Gasteiger partial charge in [-0.15, -0.1) is 0 Å². The number of carbonyl (C=O) groups is 1. The molecular formula is C17H16N2O3. The maximum atomic E-state index is 11.2. The predicted molar refractivity (Wildman–Crippen MR) is 81.6 cm³/mol. The molecule has 2 rings (SSSR count). The van der Waals surface area contributed by atoms with Gasteiger partial charge in [-0.2, -0.15) is 5.26 Å². The molecule has 0 radical (unpaired) electrons. The lowest BCUT2D eigenvalue weighted by Crippen LogP contribution is -2.21. The number of nitrogens with zero attached hydrogens (tertiary/aromatic N) is 1. The maximum Gasteiger partial charge on any atom is 0.234 e. The number of para-hydroxylation sites is 2. The Morgan fingerprint density at radius 3 is 2.45 bits per heavy atom. The highest BCUT2D eigenvalue weighted by Crippen LogP contribution is 2.30. The van der Waals surface area contributed by atoms with Crippen molar-refractivity contribution in [3.8, 4) is 23.3 Å². The first-order valence-electron chi connectivity index (χ1n) is 6.76. The zero-order chi connectivity index (χ0) is 15.8. The van der Waals surface area contributed by atoms with Gasteiger partial charge >= 0.3 is 0 Å². The van der Waals surface area contributed by atoms with Crippen LogP contribution in [0.2, 0.25) is 0 Å². The highest BCUT2D eigenvalue weighted by molar-refractivity contribution is 5.77. The highest BCUT2D eigenvalue weighted by atomic mass is 16.5. The fraction of sp³-hybridized carbons (Fsp3) is 0.176. The molecule has 0 unspecified atom stereocenters. The standard InChI is InChI=1S/C17H16N2O3/c1-21-15-4-2-3-5-16(15)22-14-8-6-13(7-9-14)12-19-17(20)10-11-18/h2-9H,10,12H2,1H3,(H,19,20). The Labute approximate surface area is 129 Å². The largest absolute Gasteiger partial charge is 0.493 e. The van der Waals surface area contributed by atoms with Crippen LogP contribution in [0.5, 0.6) is 17.2 Å². The Morgan fingerprint density at radius 2 is 1.82 bits per heavy atom. The zero-order valence-corrected chi connectivity index (χ0v) is 12.2. The van der Waals surface area contributed by atoms with Crippen molar-refractivity contribution in [2.24, 2.45) is 0 Å². The van der Waals surface area contributed by atoms with Crippen LogP contribution in [0, 0.1) is 11.3 Å². The number of rotatable bonds is 6. The van der Waals surface area contributed by atoms with Gasteiger partial charge in [0.25, 0.3) is 0 Å². The molecule has 0 heterocycles. The van der Waals surface area contributed by atoms with Crippen molar-refractivity contribution in [3.05, 3.63) is 54.1 Å². The van der Waals surface area contributed by atoms with Crippen LogP contribution in [0.1, 0.15) is 12.0 Å². The third kappa shape index (κ3) is 4.25. The van der Waals surface area contributed by atoms with Crippen molar-refractivity contribution >= 4 is 5.91 Å². The minimum atomic E-state index is -0.281. The lowest BCUT2D eigenvalue weighted by Gasteiger charge is -2.10. The Bertz CT molecular complexity index is 675. The molecule has 0 aliphatic rings. The smallest absolute Gasteiger partial charge is 0.234 e. The number of benzene rings is 2. The fourth-order valence-corrected chi connectivity index (χ4v) is 1.84. The van der Waals surface area contributed by atoms with Crippen molar-refractivity contribution in [3.63, 3.8) is 0 Å². The lowest BCUT2D eigenvalue weighted by atomic mass is 10.2. The number of nitriles is 1. The van der Waals surface area contributed by atoms with Gasteiger partial charge in [-0.1, -0.05) is 24.3 Å². The van der Waals surface area contributed by atoms with Crippen LogP contribution >= 0.6 is 0 Å². The van der Waals surface area contributed by atoms with E-state index in [1.165, 1.54) is 0 Å². The van der Waals surface area contributed by atoms with Crippen molar-refractivity contribution < 1.29 is 14.3 Å². The molecule has 2 aromatic rings. The number of ether oxygens (including phenoxy) is 2. The Morgan fingerprint density at radius 1 is 1.14 bits per heavy atom. The Balaban J connectivity index is 1.97. The summed E-state index contributed by atoms with van der Waals surface area (Å²) in [7, 11) is 1.59. The second-order valence-electron chi connectivity index (χ2n) is 4.51. The first kappa shape index (κ1) is 15.4.